The van der Waals surface area contributed by atoms with Gasteiger partial charge in [0.05, 0.1) is 37.4 Å². The van der Waals surface area contributed by atoms with Crippen molar-refractivity contribution in [1.29, 1.82) is 0 Å². The first-order valence-corrected chi connectivity index (χ1v) is 15.0. The molecule has 16 heteroatoms. The maximum atomic E-state index is 12.6. The molecule has 0 radical (unpaired) electrons. The summed E-state index contributed by atoms with van der Waals surface area (Å²) in [6.07, 6.45) is -4.04. The predicted molar refractivity (Wildman–Crippen MR) is 156 cm³/mol. The van der Waals surface area contributed by atoms with Gasteiger partial charge in [0.25, 0.3) is 0 Å². The van der Waals surface area contributed by atoms with Crippen molar-refractivity contribution in [3.05, 3.63) is 11.8 Å². The summed E-state index contributed by atoms with van der Waals surface area (Å²) in [7, 11) is 1.58. The Bertz CT molecular complexity index is 916. The summed E-state index contributed by atoms with van der Waals surface area (Å²) in [5.41, 5.74) is 22.5. The zero-order valence-electron chi connectivity index (χ0n) is 25.0. The van der Waals surface area contributed by atoms with Crippen LogP contribution < -0.4 is 38.9 Å². The van der Waals surface area contributed by atoms with Gasteiger partial charge >= 0.3 is 0 Å². The summed E-state index contributed by atoms with van der Waals surface area (Å²) >= 11 is 0. The van der Waals surface area contributed by atoms with E-state index in [-0.39, 0.29) is 26.1 Å². The molecule has 1 aliphatic carbocycles. The maximum absolute atomic E-state index is 12.6. The molecule has 0 aromatic carbocycles. The molecule has 13 atom stereocenters. The largest absolute Gasteiger partial charge is 0.492 e. The Kier molecular flexibility index (Phi) is 13.5. The third-order valence-electron chi connectivity index (χ3n) is 8.60. The van der Waals surface area contributed by atoms with Crippen molar-refractivity contribution in [1.82, 2.24) is 16.0 Å². The van der Waals surface area contributed by atoms with Gasteiger partial charge in [0.15, 0.2) is 6.29 Å². The highest BCUT2D eigenvalue weighted by atomic mass is 16.7. The van der Waals surface area contributed by atoms with Gasteiger partial charge in [0.1, 0.15) is 35.8 Å². The number of hydrogen-bond donors (Lipinski definition) is 12. The smallest absolute Gasteiger partial charge is 0.250 e. The third-order valence-corrected chi connectivity index (χ3v) is 8.60. The van der Waals surface area contributed by atoms with E-state index in [1.807, 2.05) is 6.08 Å². The normalized spacial score (nSPS) is 39.8. The minimum absolute atomic E-state index is 0.124. The molecule has 2 fully saturated rings. The number of aliphatic hydroxyl groups is 5. The number of hydrogen-bond acceptors (Lipinski definition) is 15. The van der Waals surface area contributed by atoms with Crippen LogP contribution in [0.5, 0.6) is 0 Å². The molecule has 3 aliphatic rings. The van der Waals surface area contributed by atoms with Crippen LogP contribution in [0, 0.1) is 5.92 Å². The first-order chi connectivity index (χ1) is 20.3. The monoisotopic (exact) mass is 619 g/mol. The molecule has 43 heavy (non-hydrogen) atoms. The van der Waals surface area contributed by atoms with Gasteiger partial charge in [-0.25, -0.2) is 0 Å². The van der Waals surface area contributed by atoms with Crippen molar-refractivity contribution in [2.75, 3.05) is 39.8 Å². The Balaban J connectivity index is 1.76. The quantitative estimate of drug-likeness (QED) is 0.0808. The Morgan fingerprint density at radius 2 is 1.91 bits per heavy atom. The Labute approximate surface area is 252 Å². The van der Waals surface area contributed by atoms with Crippen LogP contribution in [0.15, 0.2) is 11.8 Å². The summed E-state index contributed by atoms with van der Waals surface area (Å²) in [6.45, 7) is 2.29. The van der Waals surface area contributed by atoms with E-state index in [4.69, 9.17) is 37.1 Å². The predicted octanol–water partition coefficient (Wildman–Crippen LogP) is -5.37. The number of ether oxygens (including phenoxy) is 3. The lowest BCUT2D eigenvalue weighted by atomic mass is 9.72. The van der Waals surface area contributed by atoms with Gasteiger partial charge in [-0.3, -0.25) is 4.79 Å². The second-order valence-corrected chi connectivity index (χ2v) is 12.1. The molecule has 1 saturated carbocycles. The lowest BCUT2D eigenvalue weighted by Gasteiger charge is -2.50. The van der Waals surface area contributed by atoms with Gasteiger partial charge in [0.2, 0.25) is 5.91 Å². The van der Waals surface area contributed by atoms with Crippen LogP contribution in [0.25, 0.3) is 0 Å². The average Bonchev–Trinajstić information content (AvgIpc) is 2.96. The van der Waals surface area contributed by atoms with E-state index >= 15 is 0 Å². The van der Waals surface area contributed by atoms with Crippen molar-refractivity contribution in [2.45, 2.75) is 105 Å². The molecule has 0 aromatic rings. The number of likely N-dealkylation sites (N-methyl/N-ethyl adjacent to an activating group) is 1. The van der Waals surface area contributed by atoms with Gasteiger partial charge in [-0.05, 0) is 52.3 Å². The van der Waals surface area contributed by atoms with Crippen LogP contribution in [-0.4, -0.2) is 144 Å². The molecule has 0 aromatic heterocycles. The number of carbonyl (C=O) groups is 1. The fraction of sp³-hybridized carbons (Fsp3) is 0.889. The van der Waals surface area contributed by atoms with Crippen LogP contribution in [0.1, 0.15) is 32.6 Å². The second kappa shape index (κ2) is 16.2. The number of carbonyl (C=O) groups excluding carboxylic acids is 1. The molecular weight excluding hydrogens is 566 g/mol. The standard InChI is InChI=1S/C27H53N7O9/c1-27(40)12-41-26(21(38)24(27)32-2)43-23-17(34-25(39)18(36)10-29)8-16(31)19(20(23)37)22-15(30)6-5-14(42-22)11-33-7-3-4-13(35)9-28/h5,13,15-24,26,32-33,35-38,40H,3-4,6-12,28-31H2,1-2H3,(H,34,39)/t13?,15-,16+,17-,18+,19?,20+,21-,22+,23+,24-,26-,27+/m1/s1. The minimum atomic E-state index is -1.49. The number of aliphatic hydroxyl groups excluding tert-OH is 4. The lowest BCUT2D eigenvalue weighted by molar-refractivity contribution is -0.297. The summed E-state index contributed by atoms with van der Waals surface area (Å²) in [6, 6.07) is -2.90. The summed E-state index contributed by atoms with van der Waals surface area (Å²) in [5.74, 6) is -0.865. The van der Waals surface area contributed by atoms with Crippen LogP contribution in [0.3, 0.4) is 0 Å². The molecule has 0 bridgehead atoms. The van der Waals surface area contributed by atoms with E-state index in [2.05, 4.69) is 16.0 Å². The van der Waals surface area contributed by atoms with Crippen LogP contribution >= 0.6 is 0 Å². The average molecular weight is 620 g/mol. The lowest BCUT2D eigenvalue weighted by Crippen LogP contribution is -2.69. The van der Waals surface area contributed by atoms with Crippen molar-refractivity contribution in [3.8, 4) is 0 Å². The molecule has 1 amide bonds. The summed E-state index contributed by atoms with van der Waals surface area (Å²) < 4.78 is 18.1. The highest BCUT2D eigenvalue weighted by Gasteiger charge is 2.53. The van der Waals surface area contributed by atoms with Gasteiger partial charge in [0, 0.05) is 31.1 Å². The molecule has 16 N–H and O–H groups in total. The fourth-order valence-corrected chi connectivity index (χ4v) is 6.14. The number of nitrogens with two attached hydrogens (primary N) is 4. The highest BCUT2D eigenvalue weighted by molar-refractivity contribution is 5.81. The first kappa shape index (κ1) is 36.0. The van der Waals surface area contributed by atoms with Crippen molar-refractivity contribution in [3.63, 3.8) is 0 Å². The van der Waals surface area contributed by atoms with Crippen molar-refractivity contribution in [2.24, 2.45) is 28.9 Å². The number of nitrogens with one attached hydrogen (secondary N) is 3. The van der Waals surface area contributed by atoms with Gasteiger partial charge < -0.3 is 78.6 Å². The molecule has 3 rings (SSSR count). The summed E-state index contributed by atoms with van der Waals surface area (Å²) in [5, 5.41) is 61.8. The van der Waals surface area contributed by atoms with Crippen LogP contribution in [0.4, 0.5) is 0 Å². The fourth-order valence-electron chi connectivity index (χ4n) is 6.14. The minimum Gasteiger partial charge on any atom is -0.492 e. The highest BCUT2D eigenvalue weighted by Crippen LogP contribution is 2.36. The molecule has 2 unspecified atom stereocenters. The number of amides is 1. The van der Waals surface area contributed by atoms with E-state index in [1.165, 1.54) is 6.92 Å². The first-order valence-electron chi connectivity index (χ1n) is 15.0. The Morgan fingerprint density at radius 3 is 2.56 bits per heavy atom. The molecule has 1 saturated heterocycles. The van der Waals surface area contributed by atoms with Gasteiger partial charge in [-0.1, -0.05) is 0 Å². The number of rotatable bonds is 14. The molecular formula is C27H53N7O9. The van der Waals surface area contributed by atoms with E-state index in [1.54, 1.807) is 7.05 Å². The zero-order chi connectivity index (χ0) is 31.9. The zero-order valence-corrected chi connectivity index (χ0v) is 25.0. The van der Waals surface area contributed by atoms with Crippen LogP contribution in [-0.2, 0) is 19.0 Å². The van der Waals surface area contributed by atoms with E-state index in [0.717, 1.165) is 6.42 Å². The Morgan fingerprint density at radius 1 is 1.19 bits per heavy atom. The van der Waals surface area contributed by atoms with Gasteiger partial charge in [-0.2, -0.15) is 0 Å². The molecule has 2 aliphatic heterocycles. The van der Waals surface area contributed by atoms with E-state index < -0.39 is 84.5 Å². The topological polar surface area (TPSA) is 286 Å². The maximum Gasteiger partial charge on any atom is 0.250 e. The third kappa shape index (κ3) is 9.03. The van der Waals surface area contributed by atoms with Crippen LogP contribution in [0.2, 0.25) is 0 Å². The summed E-state index contributed by atoms with van der Waals surface area (Å²) in [4.78, 5) is 12.6. The Hall–Kier alpha value is -1.51. The molecule has 250 valence electrons. The van der Waals surface area contributed by atoms with E-state index in [9.17, 15) is 30.3 Å². The van der Waals surface area contributed by atoms with E-state index in [0.29, 0.717) is 31.7 Å². The van der Waals surface area contributed by atoms with Crippen molar-refractivity contribution < 1.29 is 44.5 Å². The second-order valence-electron chi connectivity index (χ2n) is 12.1. The molecule has 16 nitrogen and oxygen atoms in total. The SMILES string of the molecule is CN[C@@H]1[C@@H](O)[C@@H](O[C@H]2[C@H](NC(=O)[C@@H](O)CN)C[C@H](N)C([C@H]3OC(CNCCCC(O)CN)=CC[C@H]3N)[C@@H]2O)OC[C@]1(C)O. The van der Waals surface area contributed by atoms with Gasteiger partial charge in [-0.15, -0.1) is 0 Å². The molecule has 0 spiro atoms. The van der Waals surface area contributed by atoms with Crippen molar-refractivity contribution >= 4 is 5.91 Å². The molecule has 2 heterocycles.